The van der Waals surface area contributed by atoms with Gasteiger partial charge >= 0.3 is 0 Å². The van der Waals surface area contributed by atoms with Gasteiger partial charge in [0.2, 0.25) is 5.88 Å². The predicted molar refractivity (Wildman–Crippen MR) is 81.6 cm³/mol. The van der Waals surface area contributed by atoms with Gasteiger partial charge in [0.15, 0.2) is 0 Å². The fourth-order valence-corrected chi connectivity index (χ4v) is 2.78. The zero-order valence-corrected chi connectivity index (χ0v) is 13.1. The summed E-state index contributed by atoms with van der Waals surface area (Å²) in [6, 6.07) is 3.60. The Balaban J connectivity index is 2.11. The van der Waals surface area contributed by atoms with E-state index >= 15 is 0 Å². The van der Waals surface area contributed by atoms with Crippen LogP contribution < -0.4 is 10.1 Å². The third-order valence-corrected chi connectivity index (χ3v) is 4.07. The molecule has 1 aromatic heterocycles. The Hall–Kier alpha value is -1.62. The first-order valence-corrected chi connectivity index (χ1v) is 7.58. The summed E-state index contributed by atoms with van der Waals surface area (Å²) in [5, 5.41) is 2.96. The van der Waals surface area contributed by atoms with E-state index < -0.39 is 5.60 Å². The Kier molecular flexibility index (Phi) is 5.17. The van der Waals surface area contributed by atoms with Crippen LogP contribution in [0.3, 0.4) is 0 Å². The maximum absolute atomic E-state index is 12.6. The number of aryl methyl sites for hydroxylation is 1. The zero-order chi connectivity index (χ0) is 15.3. The highest BCUT2D eigenvalue weighted by atomic mass is 16.5. The first kappa shape index (κ1) is 15.8. The number of amides is 1. The lowest BCUT2D eigenvalue weighted by Gasteiger charge is -2.34. The summed E-state index contributed by atoms with van der Waals surface area (Å²) in [5.74, 6) is 0.505. The molecule has 2 rings (SSSR count). The van der Waals surface area contributed by atoms with Gasteiger partial charge in [-0.15, -0.1) is 0 Å². The number of aromatic nitrogens is 1. The summed E-state index contributed by atoms with van der Waals surface area (Å²) < 4.78 is 10.9. The Morgan fingerprint density at radius 3 is 2.62 bits per heavy atom. The van der Waals surface area contributed by atoms with Crippen molar-refractivity contribution >= 4 is 11.6 Å². The SMILES string of the molecule is CCOc1ccc(NC(=O)C2(OC)CCCCC2)c(C)n1. The second kappa shape index (κ2) is 6.89. The predicted octanol–water partition coefficient (Wildman–Crippen LogP) is 3.08. The van der Waals surface area contributed by atoms with E-state index in [1.807, 2.05) is 19.9 Å². The summed E-state index contributed by atoms with van der Waals surface area (Å²) in [7, 11) is 1.62. The van der Waals surface area contributed by atoms with E-state index in [0.717, 1.165) is 31.4 Å². The van der Waals surface area contributed by atoms with Crippen molar-refractivity contribution in [3.8, 4) is 5.88 Å². The van der Waals surface area contributed by atoms with Gasteiger partial charge < -0.3 is 14.8 Å². The number of pyridine rings is 1. The van der Waals surface area contributed by atoms with E-state index in [1.54, 1.807) is 13.2 Å². The van der Waals surface area contributed by atoms with Crippen LogP contribution in [0.5, 0.6) is 5.88 Å². The number of methoxy groups -OCH3 is 1. The van der Waals surface area contributed by atoms with Gasteiger partial charge in [0.05, 0.1) is 18.0 Å². The lowest BCUT2D eigenvalue weighted by Crippen LogP contribution is -2.46. The molecule has 1 aromatic rings. The number of rotatable bonds is 5. The van der Waals surface area contributed by atoms with Crippen molar-refractivity contribution in [3.63, 3.8) is 0 Å². The summed E-state index contributed by atoms with van der Waals surface area (Å²) in [5.41, 5.74) is 0.769. The molecule has 0 aromatic carbocycles. The normalized spacial score (nSPS) is 17.3. The molecule has 1 amide bonds. The van der Waals surface area contributed by atoms with Crippen LogP contribution in [0.1, 0.15) is 44.7 Å². The molecule has 1 fully saturated rings. The molecule has 1 aliphatic carbocycles. The number of nitrogens with one attached hydrogen (secondary N) is 1. The molecule has 0 spiro atoms. The molecule has 0 atom stereocenters. The van der Waals surface area contributed by atoms with Gasteiger partial charge in [-0.3, -0.25) is 4.79 Å². The topological polar surface area (TPSA) is 60.5 Å². The van der Waals surface area contributed by atoms with Gasteiger partial charge in [0.1, 0.15) is 5.60 Å². The third-order valence-electron chi connectivity index (χ3n) is 4.07. The lowest BCUT2D eigenvalue weighted by molar-refractivity contribution is -0.141. The number of nitrogens with zero attached hydrogens (tertiary/aromatic N) is 1. The van der Waals surface area contributed by atoms with Crippen molar-refractivity contribution < 1.29 is 14.3 Å². The van der Waals surface area contributed by atoms with Crippen molar-refractivity contribution in [2.75, 3.05) is 19.0 Å². The molecule has 0 radical (unpaired) electrons. The first-order chi connectivity index (χ1) is 10.1. The minimum absolute atomic E-state index is 0.0706. The average molecular weight is 292 g/mol. The van der Waals surface area contributed by atoms with E-state index in [-0.39, 0.29) is 5.91 Å². The monoisotopic (exact) mass is 292 g/mol. The number of ether oxygens (including phenoxy) is 2. The van der Waals surface area contributed by atoms with Crippen molar-refractivity contribution in [2.24, 2.45) is 0 Å². The zero-order valence-electron chi connectivity index (χ0n) is 13.1. The molecular formula is C16H24N2O3. The lowest BCUT2D eigenvalue weighted by atomic mass is 9.84. The van der Waals surface area contributed by atoms with Crippen LogP contribution in [0, 0.1) is 6.92 Å². The minimum atomic E-state index is -0.691. The van der Waals surface area contributed by atoms with Gasteiger partial charge in [-0.2, -0.15) is 0 Å². The Bertz CT molecular complexity index is 496. The standard InChI is InChI=1S/C16H24N2O3/c1-4-21-14-9-8-13(12(2)17-14)18-15(19)16(20-3)10-6-5-7-11-16/h8-9H,4-7,10-11H2,1-3H3,(H,18,19). The van der Waals surface area contributed by atoms with Crippen LogP contribution in [0.4, 0.5) is 5.69 Å². The fraction of sp³-hybridized carbons (Fsp3) is 0.625. The molecule has 1 aliphatic rings. The molecule has 0 aliphatic heterocycles. The van der Waals surface area contributed by atoms with Gasteiger partial charge in [-0.25, -0.2) is 4.98 Å². The van der Waals surface area contributed by atoms with E-state index in [2.05, 4.69) is 10.3 Å². The summed E-state index contributed by atoms with van der Waals surface area (Å²) >= 11 is 0. The Labute approximate surface area is 126 Å². The van der Waals surface area contributed by atoms with Crippen LogP contribution in [-0.2, 0) is 9.53 Å². The first-order valence-electron chi connectivity index (χ1n) is 7.58. The van der Waals surface area contributed by atoms with Crippen LogP contribution >= 0.6 is 0 Å². The van der Waals surface area contributed by atoms with Crippen molar-refractivity contribution in [2.45, 2.75) is 51.6 Å². The molecule has 21 heavy (non-hydrogen) atoms. The van der Waals surface area contributed by atoms with Crippen LogP contribution in [-0.4, -0.2) is 30.2 Å². The van der Waals surface area contributed by atoms with E-state index in [9.17, 15) is 4.79 Å². The van der Waals surface area contributed by atoms with Gasteiger partial charge in [0.25, 0.3) is 5.91 Å². The fourth-order valence-electron chi connectivity index (χ4n) is 2.78. The van der Waals surface area contributed by atoms with Crippen LogP contribution in [0.15, 0.2) is 12.1 Å². The van der Waals surface area contributed by atoms with Crippen molar-refractivity contribution in [1.29, 1.82) is 0 Å². The molecule has 1 N–H and O–H groups in total. The maximum Gasteiger partial charge on any atom is 0.256 e. The average Bonchev–Trinajstić information content (AvgIpc) is 2.51. The number of carbonyl (C=O) groups is 1. The van der Waals surface area contributed by atoms with Crippen LogP contribution in [0.25, 0.3) is 0 Å². The molecule has 1 saturated carbocycles. The molecular weight excluding hydrogens is 268 g/mol. The highest BCUT2D eigenvalue weighted by Gasteiger charge is 2.39. The second-order valence-corrected chi connectivity index (χ2v) is 5.43. The molecule has 5 nitrogen and oxygen atoms in total. The Morgan fingerprint density at radius 1 is 1.33 bits per heavy atom. The molecule has 116 valence electrons. The highest BCUT2D eigenvalue weighted by Crippen LogP contribution is 2.32. The molecule has 0 saturated heterocycles. The summed E-state index contributed by atoms with van der Waals surface area (Å²) in [6.45, 7) is 4.35. The molecule has 1 heterocycles. The third kappa shape index (κ3) is 3.53. The van der Waals surface area contributed by atoms with Crippen LogP contribution in [0.2, 0.25) is 0 Å². The van der Waals surface area contributed by atoms with Gasteiger partial charge in [-0.05, 0) is 32.8 Å². The number of hydrogen-bond donors (Lipinski definition) is 1. The van der Waals surface area contributed by atoms with Crippen molar-refractivity contribution in [1.82, 2.24) is 4.98 Å². The molecule has 0 unspecified atom stereocenters. The number of carbonyl (C=O) groups excluding carboxylic acids is 1. The van der Waals surface area contributed by atoms with Gasteiger partial charge in [-0.1, -0.05) is 19.3 Å². The second-order valence-electron chi connectivity index (χ2n) is 5.43. The minimum Gasteiger partial charge on any atom is -0.478 e. The number of hydrogen-bond acceptors (Lipinski definition) is 4. The number of anilines is 1. The van der Waals surface area contributed by atoms with Crippen molar-refractivity contribution in [3.05, 3.63) is 17.8 Å². The van der Waals surface area contributed by atoms with E-state index in [1.165, 1.54) is 6.42 Å². The smallest absolute Gasteiger partial charge is 0.256 e. The highest BCUT2D eigenvalue weighted by molar-refractivity contribution is 5.97. The van der Waals surface area contributed by atoms with E-state index in [0.29, 0.717) is 18.2 Å². The largest absolute Gasteiger partial charge is 0.478 e. The van der Waals surface area contributed by atoms with E-state index in [4.69, 9.17) is 9.47 Å². The van der Waals surface area contributed by atoms with Gasteiger partial charge in [0, 0.05) is 13.2 Å². The maximum atomic E-state index is 12.6. The summed E-state index contributed by atoms with van der Waals surface area (Å²) in [4.78, 5) is 16.9. The quantitative estimate of drug-likeness (QED) is 0.906. The Morgan fingerprint density at radius 2 is 2.05 bits per heavy atom. The molecule has 5 heteroatoms. The summed E-state index contributed by atoms with van der Waals surface area (Å²) in [6.07, 6.45) is 4.78. The molecule has 0 bridgehead atoms.